The first-order valence-corrected chi connectivity index (χ1v) is 15.9. The molecule has 0 saturated carbocycles. The van der Waals surface area contributed by atoms with Crippen molar-refractivity contribution in [2.75, 3.05) is 0 Å². The standard InChI is InChI=1S/C7H24O3Si4/c1-11(2)8-14(7,9-12(3)4)10-13(5)6/h11-13H,1-7H3. The molecule has 0 aromatic heterocycles. The summed E-state index contributed by atoms with van der Waals surface area (Å²) >= 11 is 0. The van der Waals surface area contributed by atoms with E-state index in [-0.39, 0.29) is 0 Å². The van der Waals surface area contributed by atoms with E-state index >= 15 is 0 Å². The van der Waals surface area contributed by atoms with Gasteiger partial charge in [0.25, 0.3) is 0 Å². The molecule has 3 nitrogen and oxygen atoms in total. The minimum absolute atomic E-state index is 1.06. The second-order valence-corrected chi connectivity index (χ2v) is 15.2. The third-order valence-electron chi connectivity index (χ3n) is 1.35. The van der Waals surface area contributed by atoms with Gasteiger partial charge in [-0.3, -0.25) is 0 Å². The summed E-state index contributed by atoms with van der Waals surface area (Å²) in [5.41, 5.74) is 0. The Bertz CT molecular complexity index is 136. The summed E-state index contributed by atoms with van der Waals surface area (Å²) < 4.78 is 17.9. The lowest BCUT2D eigenvalue weighted by molar-refractivity contribution is 0.280. The highest BCUT2D eigenvalue weighted by molar-refractivity contribution is 6.79. The van der Waals surface area contributed by atoms with Crippen molar-refractivity contribution in [1.82, 2.24) is 0 Å². The van der Waals surface area contributed by atoms with E-state index < -0.39 is 35.9 Å². The van der Waals surface area contributed by atoms with E-state index in [1.807, 2.05) is 0 Å². The molecule has 0 amide bonds. The zero-order chi connectivity index (χ0) is 11.4. The van der Waals surface area contributed by atoms with Crippen molar-refractivity contribution in [3.05, 3.63) is 0 Å². The van der Waals surface area contributed by atoms with E-state index in [4.69, 9.17) is 12.3 Å². The minimum atomic E-state index is -2.25. The van der Waals surface area contributed by atoms with E-state index in [1.54, 1.807) is 0 Å². The number of hydrogen-bond acceptors (Lipinski definition) is 3. The molecule has 7 heteroatoms. The van der Waals surface area contributed by atoms with Crippen molar-refractivity contribution < 1.29 is 12.3 Å². The average molecular weight is 269 g/mol. The Hall–Kier alpha value is 0.748. The van der Waals surface area contributed by atoms with Gasteiger partial charge in [0, 0.05) is 6.55 Å². The number of rotatable bonds is 6. The Balaban J connectivity index is 4.32. The van der Waals surface area contributed by atoms with Crippen LogP contribution in [-0.4, -0.2) is 35.9 Å². The van der Waals surface area contributed by atoms with Gasteiger partial charge in [0.05, 0.1) is 0 Å². The molecule has 0 aromatic carbocycles. The van der Waals surface area contributed by atoms with Crippen LogP contribution in [0.1, 0.15) is 0 Å². The lowest BCUT2D eigenvalue weighted by Crippen LogP contribution is -2.50. The first kappa shape index (κ1) is 14.7. The summed E-state index contributed by atoms with van der Waals surface area (Å²) in [5.74, 6) is 0. The molecule has 0 aliphatic rings. The first-order chi connectivity index (χ1) is 6.25. The maximum atomic E-state index is 5.96. The van der Waals surface area contributed by atoms with Crippen molar-refractivity contribution in [3.63, 3.8) is 0 Å². The monoisotopic (exact) mass is 268 g/mol. The molecular weight excluding hydrogens is 244 g/mol. The lowest BCUT2D eigenvalue weighted by Gasteiger charge is -2.32. The van der Waals surface area contributed by atoms with Crippen molar-refractivity contribution >= 4 is 35.9 Å². The van der Waals surface area contributed by atoms with Gasteiger partial charge in [-0.15, -0.1) is 0 Å². The van der Waals surface area contributed by atoms with Gasteiger partial charge in [-0.2, -0.15) is 0 Å². The quantitative estimate of drug-likeness (QED) is 0.684. The molecule has 0 radical (unpaired) electrons. The van der Waals surface area contributed by atoms with Crippen LogP contribution in [0.15, 0.2) is 0 Å². The van der Waals surface area contributed by atoms with Gasteiger partial charge in [-0.1, -0.05) is 0 Å². The normalized spacial score (nSPS) is 13.3. The second-order valence-electron chi connectivity index (χ2n) is 4.36. The average Bonchev–Trinajstić information content (AvgIpc) is 1.76. The van der Waals surface area contributed by atoms with Crippen molar-refractivity contribution in [2.45, 2.75) is 45.8 Å². The maximum absolute atomic E-state index is 5.96. The predicted molar refractivity (Wildman–Crippen MR) is 71.5 cm³/mol. The highest BCUT2D eigenvalue weighted by atomic mass is 28.5. The highest BCUT2D eigenvalue weighted by Gasteiger charge is 2.36. The molecule has 0 aliphatic heterocycles. The molecule has 0 rings (SSSR count). The van der Waals surface area contributed by atoms with Crippen LogP contribution >= 0.6 is 0 Å². The van der Waals surface area contributed by atoms with Crippen LogP contribution in [0.2, 0.25) is 45.8 Å². The zero-order valence-corrected chi connectivity index (χ0v) is 14.9. The molecule has 0 saturated heterocycles. The van der Waals surface area contributed by atoms with Crippen LogP contribution in [0.5, 0.6) is 0 Å². The molecular formula is C7H24O3Si4. The van der Waals surface area contributed by atoms with E-state index in [0.717, 1.165) is 0 Å². The highest BCUT2D eigenvalue weighted by Crippen LogP contribution is 2.13. The number of hydrogen-bond donors (Lipinski definition) is 0. The van der Waals surface area contributed by atoms with Crippen LogP contribution in [0, 0.1) is 0 Å². The maximum Gasteiger partial charge on any atom is 0.465 e. The van der Waals surface area contributed by atoms with Crippen molar-refractivity contribution in [1.29, 1.82) is 0 Å². The Labute approximate surface area is 94.3 Å². The summed E-state index contributed by atoms with van der Waals surface area (Å²) in [6.07, 6.45) is 0. The smallest absolute Gasteiger partial charge is 0.420 e. The van der Waals surface area contributed by atoms with Gasteiger partial charge in [-0.05, 0) is 39.3 Å². The van der Waals surface area contributed by atoms with Crippen LogP contribution in [-0.2, 0) is 12.3 Å². The fourth-order valence-electron chi connectivity index (χ4n) is 1.37. The summed E-state index contributed by atoms with van der Waals surface area (Å²) in [5, 5.41) is 0. The molecule has 14 heavy (non-hydrogen) atoms. The van der Waals surface area contributed by atoms with Gasteiger partial charge in [0.2, 0.25) is 0 Å². The molecule has 0 N–H and O–H groups in total. The molecule has 0 aromatic rings. The van der Waals surface area contributed by atoms with Gasteiger partial charge in [-0.25, -0.2) is 0 Å². The Kier molecular flexibility index (Phi) is 6.70. The van der Waals surface area contributed by atoms with E-state index in [1.165, 1.54) is 0 Å². The third kappa shape index (κ3) is 7.09. The molecule has 0 bridgehead atoms. The SMILES string of the molecule is C[SiH](C)O[Si](C)(O[SiH](C)C)O[SiH](C)C. The predicted octanol–water partition coefficient (Wildman–Crippen LogP) is 1.56. The largest absolute Gasteiger partial charge is 0.465 e. The molecule has 0 aliphatic carbocycles. The zero-order valence-electron chi connectivity index (χ0n) is 10.5. The topological polar surface area (TPSA) is 27.7 Å². The van der Waals surface area contributed by atoms with Gasteiger partial charge < -0.3 is 12.3 Å². The van der Waals surface area contributed by atoms with Crippen LogP contribution in [0.3, 0.4) is 0 Å². The Morgan fingerprint density at radius 3 is 1.00 bits per heavy atom. The Morgan fingerprint density at radius 2 is 0.857 bits per heavy atom. The lowest BCUT2D eigenvalue weighted by atomic mass is 11.9. The van der Waals surface area contributed by atoms with Crippen molar-refractivity contribution in [3.8, 4) is 0 Å². The van der Waals surface area contributed by atoms with E-state index in [2.05, 4.69) is 45.8 Å². The van der Waals surface area contributed by atoms with Crippen LogP contribution in [0.25, 0.3) is 0 Å². The molecule has 0 spiro atoms. The van der Waals surface area contributed by atoms with Gasteiger partial charge in [0.15, 0.2) is 27.1 Å². The Morgan fingerprint density at radius 1 is 0.643 bits per heavy atom. The summed E-state index contributed by atoms with van der Waals surface area (Å²) in [4.78, 5) is 0. The van der Waals surface area contributed by atoms with Crippen LogP contribution < -0.4 is 0 Å². The fraction of sp³-hybridized carbons (Fsp3) is 1.00. The molecule has 0 atom stereocenters. The van der Waals surface area contributed by atoms with E-state index in [0.29, 0.717) is 0 Å². The fourth-order valence-corrected chi connectivity index (χ4v) is 13.8. The van der Waals surface area contributed by atoms with Crippen LogP contribution in [0.4, 0.5) is 0 Å². The first-order valence-electron chi connectivity index (χ1n) is 5.28. The third-order valence-corrected chi connectivity index (χ3v) is 12.1. The van der Waals surface area contributed by atoms with Gasteiger partial charge >= 0.3 is 8.80 Å². The molecule has 0 heterocycles. The van der Waals surface area contributed by atoms with Crippen molar-refractivity contribution in [2.24, 2.45) is 0 Å². The van der Waals surface area contributed by atoms with E-state index in [9.17, 15) is 0 Å². The summed E-state index contributed by atoms with van der Waals surface area (Å²) in [6, 6.07) is 0. The molecule has 0 unspecified atom stereocenters. The minimum Gasteiger partial charge on any atom is -0.420 e. The second kappa shape index (κ2) is 6.36. The summed E-state index contributed by atoms with van der Waals surface area (Å²) in [6.45, 7) is 15.1. The summed E-state index contributed by atoms with van der Waals surface area (Å²) in [7, 11) is -5.42. The molecule has 86 valence electrons. The molecule has 0 fully saturated rings. The van der Waals surface area contributed by atoms with Gasteiger partial charge in [0.1, 0.15) is 0 Å².